The second-order valence-electron chi connectivity index (χ2n) is 4.91. The smallest absolute Gasteiger partial charge is 0.422 e. The zero-order chi connectivity index (χ0) is 16.0. The van der Waals surface area contributed by atoms with E-state index in [1.807, 2.05) is 13.8 Å². The number of ether oxygens (including phenoxy) is 1. The first-order valence-corrected chi connectivity index (χ1v) is 7.31. The monoisotopic (exact) mass is 367 g/mol. The molecule has 1 rings (SSSR count). The predicted octanol–water partition coefficient (Wildman–Crippen LogP) is 3.66. The molecule has 0 saturated carbocycles. The summed E-state index contributed by atoms with van der Waals surface area (Å²) in [6, 6.07) is 6.12. The Morgan fingerprint density at radius 1 is 1.29 bits per heavy atom. The summed E-state index contributed by atoms with van der Waals surface area (Å²) < 4.78 is 40.6. The van der Waals surface area contributed by atoms with E-state index in [0.717, 1.165) is 5.56 Å². The standard InChI is InChI=1S/C14H17BrF3NO2/c1-9(2)12(15)13(20)19-7-10-3-5-11(6-4-10)21-8-14(16,17)18/h3-6,9,12H,7-8H2,1-2H3,(H,19,20). The molecule has 0 heterocycles. The number of hydrogen-bond acceptors (Lipinski definition) is 2. The summed E-state index contributed by atoms with van der Waals surface area (Å²) in [7, 11) is 0. The molecule has 0 saturated heterocycles. The molecule has 1 atom stereocenters. The summed E-state index contributed by atoms with van der Waals surface area (Å²) in [6.07, 6.45) is -4.35. The van der Waals surface area contributed by atoms with E-state index in [4.69, 9.17) is 0 Å². The molecule has 1 unspecified atom stereocenters. The molecule has 1 amide bonds. The first kappa shape index (κ1) is 17.8. The minimum absolute atomic E-state index is 0.123. The van der Waals surface area contributed by atoms with Gasteiger partial charge in [0.1, 0.15) is 5.75 Å². The maximum Gasteiger partial charge on any atom is 0.422 e. The number of rotatable bonds is 6. The van der Waals surface area contributed by atoms with Crippen molar-refractivity contribution in [3.63, 3.8) is 0 Å². The first-order valence-electron chi connectivity index (χ1n) is 6.39. The molecule has 118 valence electrons. The van der Waals surface area contributed by atoms with Crippen LogP contribution in [-0.2, 0) is 11.3 Å². The number of benzene rings is 1. The Balaban J connectivity index is 2.46. The number of halogens is 4. The lowest BCUT2D eigenvalue weighted by Crippen LogP contribution is -2.33. The van der Waals surface area contributed by atoms with Crippen molar-refractivity contribution in [2.24, 2.45) is 5.92 Å². The van der Waals surface area contributed by atoms with Crippen molar-refractivity contribution in [2.45, 2.75) is 31.4 Å². The fraction of sp³-hybridized carbons (Fsp3) is 0.500. The van der Waals surface area contributed by atoms with Crippen LogP contribution in [0.5, 0.6) is 5.75 Å². The molecule has 0 fully saturated rings. The SMILES string of the molecule is CC(C)C(Br)C(=O)NCc1ccc(OCC(F)(F)F)cc1. The van der Waals surface area contributed by atoms with Crippen LogP contribution in [0.15, 0.2) is 24.3 Å². The van der Waals surface area contributed by atoms with Crippen molar-refractivity contribution in [1.82, 2.24) is 5.32 Å². The molecule has 0 aliphatic carbocycles. The molecule has 0 spiro atoms. The number of carbonyl (C=O) groups excluding carboxylic acids is 1. The molecule has 1 aromatic carbocycles. The Morgan fingerprint density at radius 2 is 1.86 bits per heavy atom. The van der Waals surface area contributed by atoms with Gasteiger partial charge in [0.15, 0.2) is 6.61 Å². The van der Waals surface area contributed by atoms with Crippen LogP contribution in [0, 0.1) is 5.92 Å². The van der Waals surface area contributed by atoms with E-state index in [0.29, 0.717) is 6.54 Å². The van der Waals surface area contributed by atoms with E-state index in [1.54, 1.807) is 12.1 Å². The van der Waals surface area contributed by atoms with Gasteiger partial charge in [0, 0.05) is 6.54 Å². The lowest BCUT2D eigenvalue weighted by molar-refractivity contribution is -0.153. The average Bonchev–Trinajstić information content (AvgIpc) is 2.41. The van der Waals surface area contributed by atoms with Gasteiger partial charge >= 0.3 is 6.18 Å². The average molecular weight is 368 g/mol. The van der Waals surface area contributed by atoms with Crippen LogP contribution in [0.25, 0.3) is 0 Å². The largest absolute Gasteiger partial charge is 0.484 e. The summed E-state index contributed by atoms with van der Waals surface area (Å²) in [5.41, 5.74) is 0.783. The van der Waals surface area contributed by atoms with E-state index >= 15 is 0 Å². The van der Waals surface area contributed by atoms with Crippen molar-refractivity contribution >= 4 is 21.8 Å². The summed E-state index contributed by atoms with van der Waals surface area (Å²) in [5.74, 6) is 0.188. The van der Waals surface area contributed by atoms with Gasteiger partial charge in [-0.3, -0.25) is 4.79 Å². The summed E-state index contributed by atoms with van der Waals surface area (Å²) in [4.78, 5) is 11.5. The zero-order valence-electron chi connectivity index (χ0n) is 11.7. The lowest BCUT2D eigenvalue weighted by Gasteiger charge is -2.14. The van der Waals surface area contributed by atoms with Crippen molar-refractivity contribution in [3.8, 4) is 5.75 Å². The van der Waals surface area contributed by atoms with Crippen molar-refractivity contribution in [2.75, 3.05) is 6.61 Å². The molecule has 1 N–H and O–H groups in total. The second-order valence-corrected chi connectivity index (χ2v) is 5.90. The van der Waals surface area contributed by atoms with Gasteiger partial charge in [-0.15, -0.1) is 0 Å². The van der Waals surface area contributed by atoms with Gasteiger partial charge < -0.3 is 10.1 Å². The fourth-order valence-corrected chi connectivity index (χ4v) is 1.62. The fourth-order valence-electron chi connectivity index (χ4n) is 1.46. The highest BCUT2D eigenvalue weighted by Gasteiger charge is 2.28. The van der Waals surface area contributed by atoms with Crippen LogP contribution in [0.2, 0.25) is 0 Å². The van der Waals surface area contributed by atoms with Gasteiger partial charge in [-0.2, -0.15) is 13.2 Å². The normalized spacial score (nSPS) is 13.1. The first-order chi connectivity index (χ1) is 9.69. The Bertz CT molecular complexity index is 460. The van der Waals surface area contributed by atoms with E-state index < -0.39 is 12.8 Å². The van der Waals surface area contributed by atoms with Gasteiger partial charge in [0.05, 0.1) is 4.83 Å². The third-order valence-electron chi connectivity index (χ3n) is 2.63. The predicted molar refractivity (Wildman–Crippen MR) is 77.4 cm³/mol. The zero-order valence-corrected chi connectivity index (χ0v) is 13.3. The molecule has 0 aliphatic heterocycles. The summed E-state index contributed by atoms with van der Waals surface area (Å²) in [5, 5.41) is 2.75. The number of nitrogens with one attached hydrogen (secondary N) is 1. The van der Waals surface area contributed by atoms with E-state index in [9.17, 15) is 18.0 Å². The van der Waals surface area contributed by atoms with Crippen molar-refractivity contribution < 1.29 is 22.7 Å². The van der Waals surface area contributed by atoms with Gasteiger partial charge in [0.25, 0.3) is 0 Å². The topological polar surface area (TPSA) is 38.3 Å². The van der Waals surface area contributed by atoms with Crippen molar-refractivity contribution in [3.05, 3.63) is 29.8 Å². The molecular weight excluding hydrogens is 351 g/mol. The number of hydrogen-bond donors (Lipinski definition) is 1. The van der Waals surface area contributed by atoms with Gasteiger partial charge in [-0.05, 0) is 23.6 Å². The Kier molecular flexibility index (Phi) is 6.51. The molecule has 1 aromatic rings. The highest BCUT2D eigenvalue weighted by Crippen LogP contribution is 2.19. The number of amides is 1. The molecule has 7 heteroatoms. The van der Waals surface area contributed by atoms with Gasteiger partial charge in [0.2, 0.25) is 5.91 Å². The van der Waals surface area contributed by atoms with Gasteiger partial charge in [-0.25, -0.2) is 0 Å². The molecule has 3 nitrogen and oxygen atoms in total. The highest BCUT2D eigenvalue weighted by molar-refractivity contribution is 9.10. The Morgan fingerprint density at radius 3 is 2.33 bits per heavy atom. The van der Waals surface area contributed by atoms with E-state index in [1.165, 1.54) is 12.1 Å². The van der Waals surface area contributed by atoms with Gasteiger partial charge in [-0.1, -0.05) is 41.9 Å². The van der Waals surface area contributed by atoms with Crippen LogP contribution >= 0.6 is 15.9 Å². The van der Waals surface area contributed by atoms with Crippen molar-refractivity contribution in [1.29, 1.82) is 0 Å². The third-order valence-corrected chi connectivity index (χ3v) is 4.10. The van der Waals surface area contributed by atoms with Crippen LogP contribution in [0.4, 0.5) is 13.2 Å². The lowest BCUT2D eigenvalue weighted by atomic mass is 10.1. The Hall–Kier alpha value is -1.24. The minimum Gasteiger partial charge on any atom is -0.484 e. The molecule has 0 aromatic heterocycles. The van der Waals surface area contributed by atoms with E-state index in [2.05, 4.69) is 26.0 Å². The Labute approximate surface area is 130 Å². The quantitative estimate of drug-likeness (QED) is 0.779. The summed E-state index contributed by atoms with van der Waals surface area (Å²) in [6.45, 7) is 2.84. The second kappa shape index (κ2) is 7.68. The number of carbonyl (C=O) groups is 1. The molecule has 0 bridgehead atoms. The van der Waals surface area contributed by atoms with Crippen LogP contribution in [-0.4, -0.2) is 23.5 Å². The minimum atomic E-state index is -4.35. The van der Waals surface area contributed by atoms with Crippen LogP contribution in [0.1, 0.15) is 19.4 Å². The van der Waals surface area contributed by atoms with Crippen LogP contribution in [0.3, 0.4) is 0 Å². The number of alkyl halides is 4. The maximum atomic E-state index is 12.0. The molecule has 0 aliphatic rings. The maximum absolute atomic E-state index is 12.0. The highest BCUT2D eigenvalue weighted by atomic mass is 79.9. The third kappa shape index (κ3) is 6.84. The summed E-state index contributed by atoms with van der Waals surface area (Å²) >= 11 is 3.29. The molecule has 0 radical (unpaired) electrons. The van der Waals surface area contributed by atoms with E-state index in [-0.39, 0.29) is 22.4 Å². The molecule has 21 heavy (non-hydrogen) atoms. The van der Waals surface area contributed by atoms with Crippen LogP contribution < -0.4 is 10.1 Å². The molecular formula is C14H17BrF3NO2.